The van der Waals surface area contributed by atoms with Crippen LogP contribution in [0.2, 0.25) is 0 Å². The van der Waals surface area contributed by atoms with Crippen LogP contribution in [0.4, 0.5) is 5.69 Å². The number of rotatable bonds is 4. The second kappa shape index (κ2) is 6.04. The maximum Gasteiger partial charge on any atom is 0.339 e. The number of esters is 1. The van der Waals surface area contributed by atoms with E-state index in [0.29, 0.717) is 5.75 Å². The summed E-state index contributed by atoms with van der Waals surface area (Å²) in [7, 11) is 1.20. The molecular formula is C16H14N2O5. The van der Waals surface area contributed by atoms with Gasteiger partial charge in [-0.15, -0.1) is 0 Å². The highest BCUT2D eigenvalue weighted by Gasteiger charge is 2.22. The van der Waals surface area contributed by atoms with Crippen molar-refractivity contribution >= 4 is 11.7 Å². The van der Waals surface area contributed by atoms with E-state index in [1.165, 1.54) is 24.4 Å². The molecule has 3 rings (SSSR count). The summed E-state index contributed by atoms with van der Waals surface area (Å²) >= 11 is 0. The average molecular weight is 314 g/mol. The zero-order valence-corrected chi connectivity index (χ0v) is 12.4. The van der Waals surface area contributed by atoms with Gasteiger partial charge in [-0.3, -0.25) is 10.1 Å². The summed E-state index contributed by atoms with van der Waals surface area (Å²) in [6.45, 7) is 0. The Balaban J connectivity index is 1.93. The third kappa shape index (κ3) is 2.98. The number of nitro groups is 1. The fourth-order valence-corrected chi connectivity index (χ4v) is 2.60. The molecule has 0 bridgehead atoms. The van der Waals surface area contributed by atoms with Gasteiger partial charge in [0.25, 0.3) is 5.88 Å². The number of hydrogen-bond acceptors (Lipinski definition) is 6. The van der Waals surface area contributed by atoms with Gasteiger partial charge < -0.3 is 9.47 Å². The minimum atomic E-state index is -0.690. The van der Waals surface area contributed by atoms with E-state index < -0.39 is 10.9 Å². The van der Waals surface area contributed by atoms with Crippen molar-refractivity contribution in [1.82, 2.24) is 4.98 Å². The molecule has 0 spiro atoms. The Kier molecular flexibility index (Phi) is 3.92. The number of fused-ring (bicyclic) bond motifs is 1. The van der Waals surface area contributed by atoms with Gasteiger partial charge in [-0.1, -0.05) is 6.07 Å². The molecule has 0 amide bonds. The van der Waals surface area contributed by atoms with Gasteiger partial charge in [0.1, 0.15) is 5.75 Å². The Bertz CT molecular complexity index is 788. The van der Waals surface area contributed by atoms with Crippen LogP contribution in [0.5, 0.6) is 11.6 Å². The van der Waals surface area contributed by atoms with Crippen LogP contribution in [0.3, 0.4) is 0 Å². The van der Waals surface area contributed by atoms with Crippen molar-refractivity contribution in [2.45, 2.75) is 19.3 Å². The number of hydrogen-bond donors (Lipinski definition) is 0. The summed E-state index contributed by atoms with van der Waals surface area (Å²) in [4.78, 5) is 25.9. The van der Waals surface area contributed by atoms with Crippen molar-refractivity contribution in [2.75, 3.05) is 7.11 Å². The second-order valence-electron chi connectivity index (χ2n) is 5.18. The topological polar surface area (TPSA) is 91.6 Å². The summed E-state index contributed by atoms with van der Waals surface area (Å²) in [6, 6.07) is 6.71. The molecule has 1 aliphatic carbocycles. The van der Waals surface area contributed by atoms with Gasteiger partial charge in [-0.2, -0.15) is 0 Å². The Labute approximate surface area is 132 Å². The molecule has 23 heavy (non-hydrogen) atoms. The molecule has 118 valence electrons. The third-order valence-corrected chi connectivity index (χ3v) is 3.73. The van der Waals surface area contributed by atoms with Crippen molar-refractivity contribution in [3.05, 3.63) is 57.3 Å². The van der Waals surface area contributed by atoms with Crippen LogP contribution in [0, 0.1) is 10.1 Å². The van der Waals surface area contributed by atoms with Crippen molar-refractivity contribution < 1.29 is 19.2 Å². The monoisotopic (exact) mass is 314 g/mol. The minimum Gasteiger partial charge on any atom is -0.465 e. The van der Waals surface area contributed by atoms with Crippen LogP contribution in [-0.2, 0) is 17.6 Å². The Morgan fingerprint density at radius 2 is 2.04 bits per heavy atom. The zero-order valence-electron chi connectivity index (χ0n) is 12.4. The van der Waals surface area contributed by atoms with E-state index in [0.717, 1.165) is 25.3 Å². The SMILES string of the molecule is COC(=O)c1cnc(Oc2ccc3c(c2)CCC3)c([N+](=O)[O-])c1. The van der Waals surface area contributed by atoms with Gasteiger partial charge in [0.2, 0.25) is 0 Å². The summed E-state index contributed by atoms with van der Waals surface area (Å²) in [5.41, 5.74) is 2.09. The maximum atomic E-state index is 11.5. The minimum absolute atomic E-state index is 0.000466. The van der Waals surface area contributed by atoms with Gasteiger partial charge in [-0.25, -0.2) is 9.78 Å². The van der Waals surface area contributed by atoms with Gasteiger partial charge in [0.05, 0.1) is 17.6 Å². The van der Waals surface area contributed by atoms with E-state index in [-0.39, 0.29) is 17.1 Å². The predicted octanol–water partition coefficient (Wildman–Crippen LogP) is 3.06. The predicted molar refractivity (Wildman–Crippen MR) is 80.8 cm³/mol. The number of aryl methyl sites for hydroxylation is 2. The first-order chi connectivity index (χ1) is 11.1. The molecule has 1 aromatic carbocycles. The zero-order chi connectivity index (χ0) is 16.4. The van der Waals surface area contributed by atoms with Crippen LogP contribution in [0.1, 0.15) is 27.9 Å². The van der Waals surface area contributed by atoms with Crippen LogP contribution < -0.4 is 4.74 Å². The smallest absolute Gasteiger partial charge is 0.339 e. The van der Waals surface area contributed by atoms with E-state index in [9.17, 15) is 14.9 Å². The first-order valence-corrected chi connectivity index (χ1v) is 7.11. The molecule has 7 heteroatoms. The van der Waals surface area contributed by atoms with E-state index in [1.807, 2.05) is 12.1 Å². The second-order valence-corrected chi connectivity index (χ2v) is 5.18. The molecule has 0 fully saturated rings. The van der Waals surface area contributed by atoms with Crippen LogP contribution in [0.15, 0.2) is 30.5 Å². The van der Waals surface area contributed by atoms with Gasteiger partial charge >= 0.3 is 11.7 Å². The van der Waals surface area contributed by atoms with Crippen LogP contribution in [0.25, 0.3) is 0 Å². The van der Waals surface area contributed by atoms with Gasteiger partial charge in [-0.05, 0) is 42.5 Å². The number of benzene rings is 1. The normalized spacial score (nSPS) is 12.6. The molecule has 0 N–H and O–H groups in total. The molecule has 1 heterocycles. The van der Waals surface area contributed by atoms with Crippen molar-refractivity contribution in [1.29, 1.82) is 0 Å². The Hall–Kier alpha value is -2.96. The summed E-state index contributed by atoms with van der Waals surface area (Å²) < 4.78 is 10.1. The van der Waals surface area contributed by atoms with Crippen LogP contribution in [-0.4, -0.2) is 23.0 Å². The molecule has 0 aliphatic heterocycles. The fraction of sp³-hybridized carbons (Fsp3) is 0.250. The molecule has 7 nitrogen and oxygen atoms in total. The molecule has 0 radical (unpaired) electrons. The number of carbonyl (C=O) groups is 1. The lowest BCUT2D eigenvalue weighted by Crippen LogP contribution is -2.04. The lowest BCUT2D eigenvalue weighted by molar-refractivity contribution is -0.386. The highest BCUT2D eigenvalue weighted by Crippen LogP contribution is 2.32. The number of methoxy groups -OCH3 is 1. The molecule has 0 unspecified atom stereocenters. The molecule has 0 saturated carbocycles. The quantitative estimate of drug-likeness (QED) is 0.489. The summed E-state index contributed by atoms with van der Waals surface area (Å²) in [5.74, 6) is -0.350. The summed E-state index contributed by atoms with van der Waals surface area (Å²) in [5, 5.41) is 11.2. The third-order valence-electron chi connectivity index (χ3n) is 3.73. The first kappa shape index (κ1) is 15.0. The van der Waals surface area contributed by atoms with Gasteiger partial charge in [0.15, 0.2) is 0 Å². The fourth-order valence-electron chi connectivity index (χ4n) is 2.60. The van der Waals surface area contributed by atoms with Crippen LogP contribution >= 0.6 is 0 Å². The molecular weight excluding hydrogens is 300 g/mol. The van der Waals surface area contributed by atoms with Crippen molar-refractivity contribution in [2.24, 2.45) is 0 Å². The highest BCUT2D eigenvalue weighted by atomic mass is 16.6. The standard InChI is InChI=1S/C16H14N2O5/c1-22-16(19)12-8-14(18(20)21)15(17-9-12)23-13-6-5-10-3-2-4-11(10)7-13/h5-9H,2-4H2,1H3. The first-order valence-electron chi connectivity index (χ1n) is 7.11. The molecule has 1 aliphatic rings. The average Bonchev–Trinajstić information content (AvgIpc) is 3.02. The van der Waals surface area contributed by atoms with Crippen molar-refractivity contribution in [3.8, 4) is 11.6 Å². The molecule has 2 aromatic rings. The Morgan fingerprint density at radius 1 is 1.26 bits per heavy atom. The number of nitrogens with zero attached hydrogens (tertiary/aromatic N) is 2. The van der Waals surface area contributed by atoms with E-state index >= 15 is 0 Å². The van der Waals surface area contributed by atoms with E-state index in [1.54, 1.807) is 6.07 Å². The molecule has 1 aromatic heterocycles. The number of pyridine rings is 1. The van der Waals surface area contributed by atoms with Gasteiger partial charge in [0, 0.05) is 12.3 Å². The maximum absolute atomic E-state index is 11.5. The number of ether oxygens (including phenoxy) is 2. The Morgan fingerprint density at radius 3 is 2.78 bits per heavy atom. The number of carbonyl (C=O) groups excluding carboxylic acids is 1. The van der Waals surface area contributed by atoms with E-state index in [4.69, 9.17) is 4.74 Å². The lowest BCUT2D eigenvalue weighted by atomic mass is 10.1. The lowest BCUT2D eigenvalue weighted by Gasteiger charge is -2.08. The van der Waals surface area contributed by atoms with E-state index in [2.05, 4.69) is 9.72 Å². The summed E-state index contributed by atoms with van der Waals surface area (Å²) in [6.07, 6.45) is 4.32. The highest BCUT2D eigenvalue weighted by molar-refractivity contribution is 5.89. The molecule has 0 atom stereocenters. The van der Waals surface area contributed by atoms with Crippen molar-refractivity contribution in [3.63, 3.8) is 0 Å². The largest absolute Gasteiger partial charge is 0.465 e. The number of aromatic nitrogens is 1. The molecule has 0 saturated heterocycles.